The number of halogens is 1. The minimum absolute atomic E-state index is 0.116. The molecule has 0 saturated carbocycles. The van der Waals surface area contributed by atoms with E-state index < -0.39 is 0 Å². The Balaban J connectivity index is 1.92. The zero-order chi connectivity index (χ0) is 12.8. The van der Waals surface area contributed by atoms with Crippen molar-refractivity contribution in [2.45, 2.75) is 13.3 Å². The summed E-state index contributed by atoms with van der Waals surface area (Å²) >= 11 is 7.39. The highest BCUT2D eigenvalue weighted by atomic mass is 35.5. The van der Waals surface area contributed by atoms with Crippen LogP contribution < -0.4 is 10.1 Å². The lowest BCUT2D eigenvalue weighted by molar-refractivity contribution is 0.312. The summed E-state index contributed by atoms with van der Waals surface area (Å²) in [5.74, 6) is 0.412. The first-order valence-corrected chi connectivity index (χ1v) is 6.70. The summed E-state index contributed by atoms with van der Waals surface area (Å²) in [7, 11) is 0. The molecular weight excluding hydrogens is 274 g/mol. The Morgan fingerprint density at radius 2 is 2.28 bits per heavy atom. The number of rotatable bonds is 6. The Labute approximate surface area is 113 Å². The van der Waals surface area contributed by atoms with Gasteiger partial charge in [0.2, 0.25) is 11.2 Å². The van der Waals surface area contributed by atoms with Crippen LogP contribution in [-0.2, 0) is 6.42 Å². The molecule has 0 aliphatic heterocycles. The van der Waals surface area contributed by atoms with Gasteiger partial charge in [-0.15, -0.1) is 11.3 Å². The van der Waals surface area contributed by atoms with E-state index in [9.17, 15) is 0 Å². The molecule has 8 heteroatoms. The summed E-state index contributed by atoms with van der Waals surface area (Å²) in [5.41, 5.74) is 0. The summed E-state index contributed by atoms with van der Waals surface area (Å²) in [6.45, 7) is 3.02. The van der Waals surface area contributed by atoms with Crippen LogP contribution in [0.3, 0.4) is 0 Å². The lowest BCUT2D eigenvalue weighted by Gasteiger charge is -2.05. The summed E-state index contributed by atoms with van der Waals surface area (Å²) in [5, 5.41) is 6.19. The first kappa shape index (κ1) is 13.0. The van der Waals surface area contributed by atoms with Crippen molar-refractivity contribution in [2.24, 2.45) is 0 Å². The highest BCUT2D eigenvalue weighted by Crippen LogP contribution is 2.11. The molecule has 0 aromatic carbocycles. The first-order valence-electron chi connectivity index (χ1n) is 5.44. The van der Waals surface area contributed by atoms with E-state index in [1.165, 1.54) is 0 Å². The van der Waals surface area contributed by atoms with Gasteiger partial charge in [0.25, 0.3) is 0 Å². The largest absolute Gasteiger partial charge is 0.464 e. The molecule has 2 heterocycles. The Hall–Kier alpha value is -1.47. The number of ether oxygens (including phenoxy) is 1. The quantitative estimate of drug-likeness (QED) is 0.875. The maximum Gasteiger partial charge on any atom is 0.322 e. The molecular formula is C10H12ClN5OS. The third-order valence-corrected chi connectivity index (χ3v) is 2.97. The molecule has 0 unspecified atom stereocenters. The van der Waals surface area contributed by atoms with E-state index in [4.69, 9.17) is 16.3 Å². The van der Waals surface area contributed by atoms with Crippen molar-refractivity contribution in [2.75, 3.05) is 18.5 Å². The van der Waals surface area contributed by atoms with Gasteiger partial charge in [-0.1, -0.05) is 0 Å². The van der Waals surface area contributed by atoms with Gasteiger partial charge in [0, 0.05) is 24.5 Å². The van der Waals surface area contributed by atoms with Crippen molar-refractivity contribution in [1.29, 1.82) is 0 Å². The normalized spacial score (nSPS) is 10.3. The van der Waals surface area contributed by atoms with Crippen LogP contribution in [0.15, 0.2) is 11.6 Å². The second-order valence-corrected chi connectivity index (χ2v) is 4.56. The molecule has 2 aromatic rings. The van der Waals surface area contributed by atoms with Gasteiger partial charge < -0.3 is 10.1 Å². The summed E-state index contributed by atoms with van der Waals surface area (Å²) < 4.78 is 5.18. The third kappa shape index (κ3) is 3.78. The maximum atomic E-state index is 5.77. The van der Waals surface area contributed by atoms with E-state index >= 15 is 0 Å². The van der Waals surface area contributed by atoms with Gasteiger partial charge in [-0.05, 0) is 18.5 Å². The Kier molecular flexibility index (Phi) is 4.66. The molecule has 0 spiro atoms. The van der Waals surface area contributed by atoms with Gasteiger partial charge >= 0.3 is 6.01 Å². The molecule has 2 rings (SSSR count). The van der Waals surface area contributed by atoms with E-state index in [-0.39, 0.29) is 11.3 Å². The number of hydrogen-bond donors (Lipinski definition) is 1. The number of nitrogens with zero attached hydrogens (tertiary/aromatic N) is 4. The van der Waals surface area contributed by atoms with E-state index in [2.05, 4.69) is 25.3 Å². The van der Waals surface area contributed by atoms with Crippen LogP contribution in [0, 0.1) is 0 Å². The Morgan fingerprint density at radius 3 is 3.00 bits per heavy atom. The number of anilines is 1. The zero-order valence-electron chi connectivity index (χ0n) is 9.76. The molecule has 96 valence electrons. The van der Waals surface area contributed by atoms with Crippen molar-refractivity contribution in [1.82, 2.24) is 19.9 Å². The fraction of sp³-hybridized carbons (Fsp3) is 0.400. The molecule has 0 bridgehead atoms. The van der Waals surface area contributed by atoms with Crippen LogP contribution in [0.2, 0.25) is 5.28 Å². The minimum Gasteiger partial charge on any atom is -0.464 e. The van der Waals surface area contributed by atoms with E-state index in [1.807, 2.05) is 12.3 Å². The minimum atomic E-state index is 0.116. The van der Waals surface area contributed by atoms with Crippen LogP contribution >= 0.6 is 22.9 Å². The summed E-state index contributed by atoms with van der Waals surface area (Å²) in [6, 6.07) is 0.231. The van der Waals surface area contributed by atoms with Crippen molar-refractivity contribution >= 4 is 28.9 Å². The number of nitrogens with one attached hydrogen (secondary N) is 1. The lowest BCUT2D eigenvalue weighted by Crippen LogP contribution is -2.10. The predicted octanol–water partition coefficient (Wildman–Crippen LogP) is 2.03. The van der Waals surface area contributed by atoms with Crippen LogP contribution in [0.4, 0.5) is 5.95 Å². The maximum absolute atomic E-state index is 5.77. The second kappa shape index (κ2) is 6.46. The average Bonchev–Trinajstić information content (AvgIpc) is 2.82. The topological polar surface area (TPSA) is 72.8 Å². The Bertz CT molecular complexity index is 493. The predicted molar refractivity (Wildman–Crippen MR) is 70.3 cm³/mol. The fourth-order valence-electron chi connectivity index (χ4n) is 1.26. The average molecular weight is 286 g/mol. The molecule has 0 radical (unpaired) electrons. The molecule has 0 saturated heterocycles. The van der Waals surface area contributed by atoms with Gasteiger partial charge in [0.05, 0.1) is 11.6 Å². The molecule has 0 aliphatic carbocycles. The first-order chi connectivity index (χ1) is 8.78. The zero-order valence-corrected chi connectivity index (χ0v) is 11.3. The van der Waals surface area contributed by atoms with Gasteiger partial charge in [0.1, 0.15) is 0 Å². The molecule has 0 fully saturated rings. The molecule has 18 heavy (non-hydrogen) atoms. The van der Waals surface area contributed by atoms with Crippen molar-refractivity contribution in [3.05, 3.63) is 21.9 Å². The van der Waals surface area contributed by atoms with E-state index in [0.717, 1.165) is 11.4 Å². The Morgan fingerprint density at radius 1 is 1.39 bits per heavy atom. The van der Waals surface area contributed by atoms with E-state index in [1.54, 1.807) is 17.5 Å². The molecule has 2 aromatic heterocycles. The highest BCUT2D eigenvalue weighted by Gasteiger charge is 2.05. The van der Waals surface area contributed by atoms with Crippen LogP contribution in [-0.4, -0.2) is 33.1 Å². The number of aromatic nitrogens is 4. The summed E-state index contributed by atoms with van der Waals surface area (Å²) in [6.07, 6.45) is 2.60. The van der Waals surface area contributed by atoms with E-state index in [0.29, 0.717) is 19.1 Å². The second-order valence-electron chi connectivity index (χ2n) is 3.25. The summed E-state index contributed by atoms with van der Waals surface area (Å²) in [4.78, 5) is 16.1. The molecule has 6 nitrogen and oxygen atoms in total. The van der Waals surface area contributed by atoms with Crippen LogP contribution in [0.1, 0.15) is 11.9 Å². The monoisotopic (exact) mass is 285 g/mol. The molecule has 0 amide bonds. The molecule has 0 atom stereocenters. The SMILES string of the molecule is CCOc1nc(Cl)nc(NCCc2nccs2)n1. The number of hydrogen-bond acceptors (Lipinski definition) is 7. The number of thiazole rings is 1. The smallest absolute Gasteiger partial charge is 0.322 e. The van der Waals surface area contributed by atoms with Crippen LogP contribution in [0.25, 0.3) is 0 Å². The molecule has 0 aliphatic rings. The fourth-order valence-corrected chi connectivity index (χ4v) is 2.04. The van der Waals surface area contributed by atoms with Crippen molar-refractivity contribution < 1.29 is 4.74 Å². The van der Waals surface area contributed by atoms with Gasteiger partial charge in [0.15, 0.2) is 0 Å². The molecule has 1 N–H and O–H groups in total. The van der Waals surface area contributed by atoms with Gasteiger partial charge in [-0.3, -0.25) is 0 Å². The van der Waals surface area contributed by atoms with Crippen LogP contribution in [0.5, 0.6) is 6.01 Å². The van der Waals surface area contributed by atoms with Gasteiger partial charge in [-0.2, -0.15) is 15.0 Å². The van der Waals surface area contributed by atoms with Crippen molar-refractivity contribution in [3.8, 4) is 6.01 Å². The van der Waals surface area contributed by atoms with Crippen molar-refractivity contribution in [3.63, 3.8) is 0 Å². The highest BCUT2D eigenvalue weighted by molar-refractivity contribution is 7.09. The lowest BCUT2D eigenvalue weighted by atomic mass is 10.4. The van der Waals surface area contributed by atoms with Gasteiger partial charge in [-0.25, -0.2) is 4.98 Å². The third-order valence-electron chi connectivity index (χ3n) is 1.97. The standard InChI is InChI=1S/C10H12ClN5OS/c1-2-17-10-15-8(11)14-9(16-10)13-4-3-7-12-5-6-18-7/h5-6H,2-4H2,1H3,(H,13,14,15,16).